The van der Waals surface area contributed by atoms with Crippen LogP contribution in [0.1, 0.15) is 23.1 Å². The molecular weight excluding hydrogens is 374 g/mol. The van der Waals surface area contributed by atoms with Gasteiger partial charge in [-0.2, -0.15) is 0 Å². The normalized spacial score (nSPS) is 20.4. The summed E-state index contributed by atoms with van der Waals surface area (Å²) in [5.74, 6) is 0. The Morgan fingerprint density at radius 2 is 1.84 bits per heavy atom. The van der Waals surface area contributed by atoms with Crippen LogP contribution in [-0.2, 0) is 12.0 Å². The third-order valence-corrected chi connectivity index (χ3v) is 5.12. The second kappa shape index (κ2) is 7.30. The highest BCUT2D eigenvalue weighted by Crippen LogP contribution is 2.41. The Morgan fingerprint density at radius 1 is 1.08 bits per heavy atom. The van der Waals surface area contributed by atoms with E-state index in [1.807, 2.05) is 36.4 Å². The summed E-state index contributed by atoms with van der Waals surface area (Å²) in [5.41, 5.74) is 22.8. The molecule has 4 heteroatoms. The summed E-state index contributed by atoms with van der Waals surface area (Å²) in [4.78, 5) is 0. The number of hydrogen-bond acceptors (Lipinski definition) is 3. The summed E-state index contributed by atoms with van der Waals surface area (Å²) in [5, 5.41) is 0. The first-order valence-electron chi connectivity index (χ1n) is 8.22. The first-order valence-corrected chi connectivity index (χ1v) is 9.01. The van der Waals surface area contributed by atoms with Crippen LogP contribution in [-0.4, -0.2) is 0 Å². The molecule has 3 nitrogen and oxygen atoms in total. The van der Waals surface area contributed by atoms with Gasteiger partial charge in [-0.3, -0.25) is 0 Å². The SMILES string of the molecule is NCc1cc(Br)ccc1C1(C=Cc2ccccc2)CC=C(N)C=C1N. The predicted molar refractivity (Wildman–Crippen MR) is 108 cm³/mol. The standard InChI is InChI=1S/C21H22BrN3/c22-17-6-7-19(16(12-17)14-23)21(11-9-18(24)13-20(21)25)10-8-15-4-2-1-3-5-15/h1-10,12-13H,11,14,23-25H2. The molecule has 0 amide bonds. The van der Waals surface area contributed by atoms with Crippen molar-refractivity contribution in [2.24, 2.45) is 17.2 Å². The van der Waals surface area contributed by atoms with Crippen molar-refractivity contribution < 1.29 is 0 Å². The van der Waals surface area contributed by atoms with Crippen molar-refractivity contribution >= 4 is 22.0 Å². The molecule has 128 valence electrons. The Morgan fingerprint density at radius 3 is 2.52 bits per heavy atom. The van der Waals surface area contributed by atoms with E-state index in [-0.39, 0.29) is 0 Å². The van der Waals surface area contributed by atoms with Crippen molar-refractivity contribution in [3.05, 3.63) is 99.3 Å². The van der Waals surface area contributed by atoms with Gasteiger partial charge in [0.15, 0.2) is 0 Å². The van der Waals surface area contributed by atoms with Crippen molar-refractivity contribution in [1.29, 1.82) is 0 Å². The second-order valence-corrected chi connectivity index (χ2v) is 7.14. The molecular formula is C21H22BrN3. The van der Waals surface area contributed by atoms with Gasteiger partial charge in [-0.15, -0.1) is 0 Å². The maximum atomic E-state index is 6.50. The van der Waals surface area contributed by atoms with E-state index in [1.54, 1.807) is 0 Å². The minimum Gasteiger partial charge on any atom is -0.401 e. The van der Waals surface area contributed by atoms with Crippen molar-refractivity contribution in [2.45, 2.75) is 18.4 Å². The number of benzene rings is 2. The third kappa shape index (κ3) is 3.55. The van der Waals surface area contributed by atoms with Crippen LogP contribution in [0.25, 0.3) is 6.08 Å². The van der Waals surface area contributed by atoms with Gasteiger partial charge in [0, 0.05) is 22.4 Å². The molecule has 0 fully saturated rings. The number of nitrogens with two attached hydrogens (primary N) is 3. The summed E-state index contributed by atoms with van der Waals surface area (Å²) >= 11 is 3.53. The van der Waals surface area contributed by atoms with E-state index in [1.165, 1.54) is 0 Å². The largest absolute Gasteiger partial charge is 0.401 e. The minimum atomic E-state index is -0.450. The zero-order valence-electron chi connectivity index (χ0n) is 14.0. The lowest BCUT2D eigenvalue weighted by atomic mass is 9.70. The van der Waals surface area contributed by atoms with Gasteiger partial charge in [-0.25, -0.2) is 0 Å². The van der Waals surface area contributed by atoms with E-state index in [0.29, 0.717) is 18.7 Å². The van der Waals surface area contributed by atoms with Gasteiger partial charge < -0.3 is 17.2 Å². The Hall–Kier alpha value is -2.30. The molecule has 2 aromatic carbocycles. The third-order valence-electron chi connectivity index (χ3n) is 4.62. The van der Waals surface area contributed by atoms with Gasteiger partial charge in [0.2, 0.25) is 0 Å². The van der Waals surface area contributed by atoms with E-state index in [2.05, 4.69) is 52.3 Å². The summed E-state index contributed by atoms with van der Waals surface area (Å²) in [6, 6.07) is 16.4. The maximum Gasteiger partial charge on any atom is 0.0569 e. The zero-order valence-corrected chi connectivity index (χ0v) is 15.5. The molecule has 3 rings (SSSR count). The fourth-order valence-electron chi connectivity index (χ4n) is 3.25. The van der Waals surface area contributed by atoms with Crippen LogP contribution >= 0.6 is 15.9 Å². The van der Waals surface area contributed by atoms with Crippen molar-refractivity contribution in [2.75, 3.05) is 0 Å². The molecule has 2 aromatic rings. The van der Waals surface area contributed by atoms with Gasteiger partial charge >= 0.3 is 0 Å². The van der Waals surface area contributed by atoms with E-state index in [9.17, 15) is 0 Å². The first kappa shape index (κ1) is 17.5. The molecule has 0 radical (unpaired) electrons. The highest BCUT2D eigenvalue weighted by molar-refractivity contribution is 9.10. The molecule has 1 atom stereocenters. The van der Waals surface area contributed by atoms with Gasteiger partial charge in [-0.1, -0.05) is 70.6 Å². The highest BCUT2D eigenvalue weighted by Gasteiger charge is 2.35. The Bertz CT molecular complexity index is 853. The molecule has 0 heterocycles. The van der Waals surface area contributed by atoms with Crippen LogP contribution in [0.4, 0.5) is 0 Å². The summed E-state index contributed by atoms with van der Waals surface area (Å²) in [6.45, 7) is 0.447. The van der Waals surface area contributed by atoms with Gasteiger partial charge in [0.1, 0.15) is 0 Å². The fourth-order valence-corrected chi connectivity index (χ4v) is 3.66. The number of hydrogen-bond donors (Lipinski definition) is 3. The molecule has 0 bridgehead atoms. The highest BCUT2D eigenvalue weighted by atomic mass is 79.9. The van der Waals surface area contributed by atoms with Crippen LogP contribution in [0.5, 0.6) is 0 Å². The lowest BCUT2D eigenvalue weighted by Gasteiger charge is -2.35. The molecule has 0 saturated carbocycles. The number of allylic oxidation sites excluding steroid dienone is 3. The topological polar surface area (TPSA) is 78.1 Å². The summed E-state index contributed by atoms with van der Waals surface area (Å²) in [7, 11) is 0. The van der Waals surface area contributed by atoms with Crippen LogP contribution < -0.4 is 17.2 Å². The van der Waals surface area contributed by atoms with Crippen molar-refractivity contribution in [3.63, 3.8) is 0 Å². The van der Waals surface area contributed by atoms with Crippen LogP contribution in [0, 0.1) is 0 Å². The molecule has 0 saturated heterocycles. The van der Waals surface area contributed by atoms with Crippen molar-refractivity contribution in [1.82, 2.24) is 0 Å². The average Bonchev–Trinajstić information content (AvgIpc) is 2.62. The van der Waals surface area contributed by atoms with Gasteiger partial charge in [0.25, 0.3) is 0 Å². The van der Waals surface area contributed by atoms with Crippen molar-refractivity contribution in [3.8, 4) is 0 Å². The molecule has 6 N–H and O–H groups in total. The van der Waals surface area contributed by atoms with Crippen LogP contribution in [0.3, 0.4) is 0 Å². The number of halogens is 1. The molecule has 0 aromatic heterocycles. The maximum absolute atomic E-state index is 6.50. The predicted octanol–water partition coefficient (Wildman–Crippen LogP) is 3.95. The molecule has 0 spiro atoms. The van der Waals surface area contributed by atoms with Crippen LogP contribution in [0.15, 0.2) is 82.6 Å². The Kier molecular flexibility index (Phi) is 5.11. The average molecular weight is 396 g/mol. The second-order valence-electron chi connectivity index (χ2n) is 6.23. The summed E-state index contributed by atoms with van der Waals surface area (Å²) < 4.78 is 1.01. The zero-order chi connectivity index (χ0) is 17.9. The molecule has 1 unspecified atom stereocenters. The van der Waals surface area contributed by atoms with E-state index < -0.39 is 5.41 Å². The molecule has 25 heavy (non-hydrogen) atoms. The van der Waals surface area contributed by atoms with Crippen LogP contribution in [0.2, 0.25) is 0 Å². The monoisotopic (exact) mass is 395 g/mol. The fraction of sp³-hybridized carbons (Fsp3) is 0.143. The molecule has 1 aliphatic rings. The number of rotatable bonds is 4. The smallest absolute Gasteiger partial charge is 0.0569 e. The van der Waals surface area contributed by atoms with E-state index in [0.717, 1.165) is 26.9 Å². The lowest BCUT2D eigenvalue weighted by molar-refractivity contribution is 0.611. The van der Waals surface area contributed by atoms with Gasteiger partial charge in [0.05, 0.1) is 5.41 Å². The molecule has 0 aliphatic heterocycles. The first-order chi connectivity index (χ1) is 12.0. The Balaban J connectivity index is 2.14. The van der Waals surface area contributed by atoms with Gasteiger partial charge in [-0.05, 0) is 41.3 Å². The minimum absolute atomic E-state index is 0.447. The quantitative estimate of drug-likeness (QED) is 0.732. The lowest BCUT2D eigenvalue weighted by Crippen LogP contribution is -2.34. The summed E-state index contributed by atoms with van der Waals surface area (Å²) in [6.07, 6.45) is 8.85. The van der Waals surface area contributed by atoms with E-state index >= 15 is 0 Å². The molecule has 1 aliphatic carbocycles. The van der Waals surface area contributed by atoms with E-state index in [4.69, 9.17) is 17.2 Å². The Labute approximate surface area is 157 Å².